The van der Waals surface area contributed by atoms with Crippen LogP contribution < -0.4 is 14.8 Å². The molecule has 0 heterocycles. The highest BCUT2D eigenvalue weighted by molar-refractivity contribution is 5.78. The molecule has 0 aliphatic carbocycles. The van der Waals surface area contributed by atoms with Gasteiger partial charge in [-0.05, 0) is 17.7 Å². The summed E-state index contributed by atoms with van der Waals surface area (Å²) in [4.78, 5) is 11.4. The van der Waals surface area contributed by atoms with Crippen molar-refractivity contribution in [2.24, 2.45) is 0 Å². The van der Waals surface area contributed by atoms with Crippen molar-refractivity contribution in [1.29, 1.82) is 5.26 Å². The Kier molecular flexibility index (Phi) is 5.39. The normalized spacial score (nSPS) is 10.6. The average Bonchev–Trinajstić information content (AvgIpc) is 2.44. The third-order valence-corrected chi connectivity index (χ3v) is 3.13. The van der Waals surface area contributed by atoms with E-state index in [1.54, 1.807) is 14.2 Å². The Hall–Kier alpha value is -2.22. The molecular formula is C15H20N2O3. The van der Waals surface area contributed by atoms with Gasteiger partial charge >= 0.3 is 0 Å². The van der Waals surface area contributed by atoms with E-state index in [9.17, 15) is 4.79 Å². The number of nitrogens with zero attached hydrogens (tertiary/aromatic N) is 1. The second-order valence-corrected chi connectivity index (χ2v) is 5.07. The van der Waals surface area contributed by atoms with Crippen LogP contribution in [0.2, 0.25) is 0 Å². The van der Waals surface area contributed by atoms with Crippen LogP contribution in [0.15, 0.2) is 18.2 Å². The van der Waals surface area contributed by atoms with E-state index in [1.807, 2.05) is 38.1 Å². The number of methoxy groups -OCH3 is 2. The van der Waals surface area contributed by atoms with Gasteiger partial charge in [0.05, 0.1) is 20.3 Å². The molecule has 0 atom stereocenters. The maximum absolute atomic E-state index is 11.4. The molecule has 0 aliphatic heterocycles. The zero-order valence-electron chi connectivity index (χ0n) is 12.3. The third kappa shape index (κ3) is 3.89. The monoisotopic (exact) mass is 276 g/mol. The first-order valence-electron chi connectivity index (χ1n) is 6.30. The Morgan fingerprint density at radius 1 is 1.30 bits per heavy atom. The van der Waals surface area contributed by atoms with Gasteiger partial charge < -0.3 is 14.8 Å². The molecule has 1 amide bonds. The van der Waals surface area contributed by atoms with Crippen LogP contribution in [0.25, 0.3) is 0 Å². The molecular weight excluding hydrogens is 256 g/mol. The van der Waals surface area contributed by atoms with Gasteiger partial charge in [0.1, 0.15) is 6.42 Å². The van der Waals surface area contributed by atoms with Crippen molar-refractivity contribution >= 4 is 5.91 Å². The molecule has 0 saturated carbocycles. The summed E-state index contributed by atoms with van der Waals surface area (Å²) < 4.78 is 10.5. The summed E-state index contributed by atoms with van der Waals surface area (Å²) in [5.41, 5.74) is 0.748. The summed E-state index contributed by atoms with van der Waals surface area (Å²) in [5.74, 6) is 1.06. The number of carbonyl (C=O) groups is 1. The SMILES string of the molecule is COc1ccc(C(C)(C)CNC(=O)CC#N)cc1OC. The van der Waals surface area contributed by atoms with E-state index in [0.717, 1.165) is 5.56 Å². The van der Waals surface area contributed by atoms with Gasteiger partial charge in [0.25, 0.3) is 0 Å². The van der Waals surface area contributed by atoms with E-state index >= 15 is 0 Å². The van der Waals surface area contributed by atoms with E-state index in [1.165, 1.54) is 0 Å². The largest absolute Gasteiger partial charge is 0.493 e. The number of carbonyl (C=O) groups excluding carboxylic acids is 1. The van der Waals surface area contributed by atoms with E-state index in [4.69, 9.17) is 14.7 Å². The average molecular weight is 276 g/mol. The van der Waals surface area contributed by atoms with E-state index < -0.39 is 0 Å². The molecule has 0 aromatic heterocycles. The molecule has 0 unspecified atom stereocenters. The Labute approximate surface area is 119 Å². The topological polar surface area (TPSA) is 71.3 Å². The predicted molar refractivity (Wildman–Crippen MR) is 75.8 cm³/mol. The Morgan fingerprint density at radius 3 is 2.50 bits per heavy atom. The molecule has 1 N–H and O–H groups in total. The van der Waals surface area contributed by atoms with Crippen molar-refractivity contribution in [3.8, 4) is 17.6 Å². The van der Waals surface area contributed by atoms with Gasteiger partial charge in [-0.25, -0.2) is 0 Å². The highest BCUT2D eigenvalue weighted by Gasteiger charge is 2.23. The van der Waals surface area contributed by atoms with Crippen LogP contribution >= 0.6 is 0 Å². The molecule has 0 aliphatic rings. The van der Waals surface area contributed by atoms with Crippen molar-refractivity contribution in [2.45, 2.75) is 25.7 Å². The number of rotatable bonds is 6. The molecule has 0 radical (unpaired) electrons. The lowest BCUT2D eigenvalue weighted by Gasteiger charge is -2.26. The van der Waals surface area contributed by atoms with Crippen LogP contribution in [-0.2, 0) is 10.2 Å². The number of amides is 1. The number of hydrogen-bond donors (Lipinski definition) is 1. The fourth-order valence-corrected chi connectivity index (χ4v) is 1.81. The Balaban J connectivity index is 2.86. The molecule has 1 aromatic rings. The second-order valence-electron chi connectivity index (χ2n) is 5.07. The van der Waals surface area contributed by atoms with Crippen molar-refractivity contribution in [3.05, 3.63) is 23.8 Å². The predicted octanol–water partition coefficient (Wildman–Crippen LogP) is 2.01. The van der Waals surface area contributed by atoms with Crippen LogP contribution in [0.4, 0.5) is 0 Å². The number of ether oxygens (including phenoxy) is 2. The minimum absolute atomic E-state index is 0.123. The first kappa shape index (κ1) is 15.8. The van der Waals surface area contributed by atoms with E-state index in [0.29, 0.717) is 18.0 Å². The number of hydrogen-bond acceptors (Lipinski definition) is 4. The van der Waals surface area contributed by atoms with Crippen LogP contribution in [0, 0.1) is 11.3 Å². The maximum atomic E-state index is 11.4. The fraction of sp³-hybridized carbons (Fsp3) is 0.467. The highest BCUT2D eigenvalue weighted by atomic mass is 16.5. The van der Waals surface area contributed by atoms with Gasteiger partial charge in [0.2, 0.25) is 5.91 Å². The van der Waals surface area contributed by atoms with Gasteiger partial charge in [-0.1, -0.05) is 19.9 Å². The molecule has 0 bridgehead atoms. The highest BCUT2D eigenvalue weighted by Crippen LogP contribution is 2.32. The van der Waals surface area contributed by atoms with Crippen molar-refractivity contribution in [2.75, 3.05) is 20.8 Å². The molecule has 1 rings (SSSR count). The Bertz CT molecular complexity index is 518. The minimum Gasteiger partial charge on any atom is -0.493 e. The van der Waals surface area contributed by atoms with Crippen molar-refractivity contribution in [3.63, 3.8) is 0 Å². The summed E-state index contributed by atoms with van der Waals surface area (Å²) in [6, 6.07) is 7.51. The second kappa shape index (κ2) is 6.80. The molecule has 0 saturated heterocycles. The Morgan fingerprint density at radius 2 is 1.95 bits per heavy atom. The van der Waals surface area contributed by atoms with Crippen LogP contribution in [0.3, 0.4) is 0 Å². The summed E-state index contributed by atoms with van der Waals surface area (Å²) in [7, 11) is 3.17. The maximum Gasteiger partial charge on any atom is 0.234 e. The zero-order valence-corrected chi connectivity index (χ0v) is 12.3. The smallest absolute Gasteiger partial charge is 0.234 e. The summed E-state index contributed by atoms with van der Waals surface area (Å²) in [5, 5.41) is 11.2. The zero-order chi connectivity index (χ0) is 15.2. The lowest BCUT2D eigenvalue weighted by Crippen LogP contribution is -2.36. The molecule has 20 heavy (non-hydrogen) atoms. The van der Waals surface area contributed by atoms with Crippen LogP contribution in [0.5, 0.6) is 11.5 Å². The standard InChI is InChI=1S/C15H20N2O3/c1-15(2,10-17-14(18)7-8-16)11-5-6-12(19-3)13(9-11)20-4/h5-6,9H,7,10H2,1-4H3,(H,17,18). The number of nitriles is 1. The quantitative estimate of drug-likeness (QED) is 0.862. The molecule has 1 aromatic carbocycles. The van der Waals surface area contributed by atoms with Gasteiger partial charge in [-0.2, -0.15) is 5.26 Å². The lowest BCUT2D eigenvalue weighted by molar-refractivity contribution is -0.120. The van der Waals surface area contributed by atoms with Gasteiger partial charge in [0.15, 0.2) is 11.5 Å². The first-order valence-corrected chi connectivity index (χ1v) is 6.30. The molecule has 108 valence electrons. The van der Waals surface area contributed by atoms with Crippen LogP contribution in [0.1, 0.15) is 25.8 Å². The van der Waals surface area contributed by atoms with Gasteiger partial charge in [0, 0.05) is 12.0 Å². The van der Waals surface area contributed by atoms with E-state index in [2.05, 4.69) is 5.32 Å². The summed E-state index contributed by atoms with van der Waals surface area (Å²) in [6.07, 6.45) is -0.123. The first-order chi connectivity index (χ1) is 9.44. The number of benzene rings is 1. The molecule has 0 spiro atoms. The third-order valence-electron chi connectivity index (χ3n) is 3.13. The minimum atomic E-state index is -0.273. The van der Waals surface area contributed by atoms with Crippen molar-refractivity contribution in [1.82, 2.24) is 5.32 Å². The summed E-state index contributed by atoms with van der Waals surface area (Å²) >= 11 is 0. The summed E-state index contributed by atoms with van der Waals surface area (Å²) in [6.45, 7) is 4.48. The van der Waals surface area contributed by atoms with E-state index in [-0.39, 0.29) is 17.7 Å². The lowest BCUT2D eigenvalue weighted by atomic mass is 9.84. The van der Waals surface area contributed by atoms with Crippen LogP contribution in [-0.4, -0.2) is 26.7 Å². The molecule has 5 heteroatoms. The van der Waals surface area contributed by atoms with Gasteiger partial charge in [-0.3, -0.25) is 4.79 Å². The van der Waals surface area contributed by atoms with Crippen molar-refractivity contribution < 1.29 is 14.3 Å². The molecule has 0 fully saturated rings. The fourth-order valence-electron chi connectivity index (χ4n) is 1.81. The number of nitrogens with one attached hydrogen (secondary N) is 1. The van der Waals surface area contributed by atoms with Gasteiger partial charge in [-0.15, -0.1) is 0 Å². The molecule has 5 nitrogen and oxygen atoms in total.